The summed E-state index contributed by atoms with van der Waals surface area (Å²) >= 11 is 0. The summed E-state index contributed by atoms with van der Waals surface area (Å²) in [6, 6.07) is 0. The molecule has 0 aliphatic carbocycles. The van der Waals surface area contributed by atoms with Crippen LogP contribution in [0.2, 0.25) is 0 Å². The van der Waals surface area contributed by atoms with Crippen LogP contribution in [0.5, 0.6) is 5.75 Å². The van der Waals surface area contributed by atoms with E-state index in [9.17, 15) is 0 Å². The number of anilines is 1. The Morgan fingerprint density at radius 2 is 2.23 bits per heavy atom. The molecule has 68 valence electrons. The maximum Gasteiger partial charge on any atom is 0.247 e. The summed E-state index contributed by atoms with van der Waals surface area (Å²) in [5.41, 5.74) is 2.48. The summed E-state index contributed by atoms with van der Waals surface area (Å²) in [6.07, 6.45) is 8.01. The van der Waals surface area contributed by atoms with Crippen LogP contribution in [0.15, 0.2) is 12.4 Å². The molecule has 0 aliphatic heterocycles. The van der Waals surface area contributed by atoms with Crippen molar-refractivity contribution >= 4 is 5.95 Å². The smallest absolute Gasteiger partial charge is 0.247 e. The molecule has 0 unspecified atom stereocenters. The fourth-order valence-corrected chi connectivity index (χ4v) is 0.617. The van der Waals surface area contributed by atoms with Gasteiger partial charge in [-0.1, -0.05) is 5.92 Å². The Bertz CT molecular complexity index is 291. The van der Waals surface area contributed by atoms with E-state index in [2.05, 4.69) is 21.4 Å². The molecule has 0 saturated heterocycles. The Morgan fingerprint density at radius 1 is 1.54 bits per heavy atom. The van der Waals surface area contributed by atoms with Gasteiger partial charge in [0.05, 0.1) is 19.5 Å². The van der Waals surface area contributed by atoms with Gasteiger partial charge >= 0.3 is 0 Å². The maximum atomic E-state index is 4.96. The number of hydrogen-bond acceptors (Lipinski definition) is 5. The second-order valence-electron chi connectivity index (χ2n) is 2.04. The first-order valence-corrected chi connectivity index (χ1v) is 3.54. The van der Waals surface area contributed by atoms with Crippen LogP contribution in [0.25, 0.3) is 0 Å². The van der Waals surface area contributed by atoms with Gasteiger partial charge in [-0.2, -0.15) is 0 Å². The molecule has 5 nitrogen and oxygen atoms in total. The average molecular weight is 179 g/mol. The van der Waals surface area contributed by atoms with Crippen molar-refractivity contribution in [3.8, 4) is 18.1 Å². The van der Waals surface area contributed by atoms with E-state index in [1.165, 1.54) is 12.4 Å². The number of hydrogen-bond donors (Lipinski definition) is 1. The largest absolute Gasteiger partial charge is 0.494 e. The van der Waals surface area contributed by atoms with Crippen molar-refractivity contribution in [2.45, 2.75) is 0 Å². The summed E-state index contributed by atoms with van der Waals surface area (Å²) in [4.78, 5) is 12.6. The zero-order chi connectivity index (χ0) is 9.52. The first kappa shape index (κ1) is 9.29. The fourth-order valence-electron chi connectivity index (χ4n) is 0.617. The molecule has 1 heterocycles. The van der Waals surface area contributed by atoms with Crippen molar-refractivity contribution in [2.75, 3.05) is 19.2 Å². The predicted octanol–water partition coefficient (Wildman–Crippen LogP) is 0.462. The van der Waals surface area contributed by atoms with Crippen LogP contribution < -0.4 is 10.2 Å². The highest BCUT2D eigenvalue weighted by atomic mass is 16.6. The van der Waals surface area contributed by atoms with Gasteiger partial charge in [0, 0.05) is 0 Å². The van der Waals surface area contributed by atoms with Crippen molar-refractivity contribution in [1.82, 2.24) is 9.97 Å². The Morgan fingerprint density at radius 3 is 2.77 bits per heavy atom. The lowest BCUT2D eigenvalue weighted by Crippen LogP contribution is -2.04. The van der Waals surface area contributed by atoms with E-state index in [-0.39, 0.29) is 6.61 Å². The second kappa shape index (κ2) is 4.95. The normalized spacial score (nSPS) is 8.92. The molecule has 0 spiro atoms. The van der Waals surface area contributed by atoms with Crippen LogP contribution in [-0.4, -0.2) is 23.7 Å². The van der Waals surface area contributed by atoms with Crippen molar-refractivity contribution in [3.05, 3.63) is 12.4 Å². The highest BCUT2D eigenvalue weighted by Crippen LogP contribution is 2.06. The number of ether oxygens (including phenoxy) is 1. The molecule has 0 bridgehead atoms. The zero-order valence-electron chi connectivity index (χ0n) is 7.15. The van der Waals surface area contributed by atoms with Gasteiger partial charge < -0.3 is 4.74 Å². The summed E-state index contributed by atoms with van der Waals surface area (Å²) in [6.45, 7) is 0.162. The van der Waals surface area contributed by atoms with E-state index < -0.39 is 0 Å². The molecular formula is C8H9N3O2. The summed E-state index contributed by atoms with van der Waals surface area (Å²) < 4.78 is 4.87. The molecule has 0 fully saturated rings. The minimum atomic E-state index is 0.162. The molecule has 1 aromatic heterocycles. The molecule has 0 aliphatic rings. The minimum absolute atomic E-state index is 0.162. The lowest BCUT2D eigenvalue weighted by Gasteiger charge is -2.02. The maximum absolute atomic E-state index is 4.96. The van der Waals surface area contributed by atoms with Gasteiger partial charge in [0.25, 0.3) is 0 Å². The number of aromatic nitrogens is 2. The molecule has 5 heteroatoms. The Kier molecular flexibility index (Phi) is 3.54. The van der Waals surface area contributed by atoms with E-state index in [0.717, 1.165) is 0 Å². The van der Waals surface area contributed by atoms with E-state index in [1.807, 2.05) is 0 Å². The molecule has 0 atom stereocenters. The van der Waals surface area contributed by atoms with Gasteiger partial charge in [-0.05, 0) is 0 Å². The molecule has 13 heavy (non-hydrogen) atoms. The molecule has 1 aromatic rings. The highest BCUT2D eigenvalue weighted by Gasteiger charge is 1.95. The first-order valence-electron chi connectivity index (χ1n) is 3.54. The molecule has 0 aromatic carbocycles. The van der Waals surface area contributed by atoms with Gasteiger partial charge in [-0.25, -0.2) is 15.4 Å². The SMILES string of the molecule is C#CCONc1ncc(OC)cn1. The van der Waals surface area contributed by atoms with Gasteiger partial charge in [0.15, 0.2) is 5.75 Å². The molecule has 1 rings (SSSR count). The summed E-state index contributed by atoms with van der Waals surface area (Å²) in [5.74, 6) is 3.22. The lowest BCUT2D eigenvalue weighted by molar-refractivity contribution is 0.230. The molecular weight excluding hydrogens is 170 g/mol. The summed E-state index contributed by atoms with van der Waals surface area (Å²) in [7, 11) is 1.54. The number of nitrogens with one attached hydrogen (secondary N) is 1. The average Bonchev–Trinajstić information content (AvgIpc) is 2.19. The highest BCUT2D eigenvalue weighted by molar-refractivity contribution is 5.24. The van der Waals surface area contributed by atoms with Crippen molar-refractivity contribution in [1.29, 1.82) is 0 Å². The Balaban J connectivity index is 2.45. The van der Waals surface area contributed by atoms with Crippen LogP contribution in [0.3, 0.4) is 0 Å². The van der Waals surface area contributed by atoms with Gasteiger partial charge in [-0.15, -0.1) is 6.42 Å². The molecule has 0 saturated carbocycles. The number of rotatable bonds is 4. The quantitative estimate of drug-likeness (QED) is 0.413. The third kappa shape index (κ3) is 2.97. The standard InChI is InChI=1S/C8H9N3O2/c1-3-4-13-11-8-9-5-7(12-2)6-10-8/h1,5-6H,4H2,2H3,(H,9,10,11). The number of methoxy groups -OCH3 is 1. The molecule has 1 N–H and O–H groups in total. The van der Waals surface area contributed by atoms with Crippen molar-refractivity contribution in [2.24, 2.45) is 0 Å². The third-order valence-corrected chi connectivity index (χ3v) is 1.18. The lowest BCUT2D eigenvalue weighted by atomic mass is 10.6. The van der Waals surface area contributed by atoms with E-state index >= 15 is 0 Å². The van der Waals surface area contributed by atoms with Crippen LogP contribution in [0.1, 0.15) is 0 Å². The van der Waals surface area contributed by atoms with Crippen molar-refractivity contribution < 1.29 is 9.57 Å². The zero-order valence-corrected chi connectivity index (χ0v) is 7.15. The van der Waals surface area contributed by atoms with Crippen LogP contribution in [0.4, 0.5) is 5.95 Å². The van der Waals surface area contributed by atoms with Crippen LogP contribution in [0, 0.1) is 12.3 Å². The van der Waals surface area contributed by atoms with Gasteiger partial charge in [0.2, 0.25) is 5.95 Å². The third-order valence-electron chi connectivity index (χ3n) is 1.18. The summed E-state index contributed by atoms with van der Waals surface area (Å²) in [5, 5.41) is 0. The van der Waals surface area contributed by atoms with Crippen LogP contribution in [-0.2, 0) is 4.84 Å². The molecule has 0 radical (unpaired) electrons. The predicted molar refractivity (Wildman–Crippen MR) is 47.0 cm³/mol. The van der Waals surface area contributed by atoms with Gasteiger partial charge in [-0.3, -0.25) is 4.84 Å². The monoisotopic (exact) mass is 179 g/mol. The first-order chi connectivity index (χ1) is 6.36. The Labute approximate surface area is 76.1 Å². The number of terminal acetylenes is 1. The fraction of sp³-hybridized carbons (Fsp3) is 0.250. The second-order valence-corrected chi connectivity index (χ2v) is 2.04. The number of nitrogens with zero attached hydrogens (tertiary/aromatic N) is 2. The van der Waals surface area contributed by atoms with Crippen molar-refractivity contribution in [3.63, 3.8) is 0 Å². The van der Waals surface area contributed by atoms with E-state index in [1.54, 1.807) is 7.11 Å². The van der Waals surface area contributed by atoms with E-state index in [4.69, 9.17) is 16.0 Å². The topological polar surface area (TPSA) is 56.3 Å². The Hall–Kier alpha value is -1.80. The molecule has 0 amide bonds. The van der Waals surface area contributed by atoms with Gasteiger partial charge in [0.1, 0.15) is 6.61 Å². The van der Waals surface area contributed by atoms with Crippen LogP contribution >= 0.6 is 0 Å². The minimum Gasteiger partial charge on any atom is -0.494 e. The van der Waals surface area contributed by atoms with E-state index in [0.29, 0.717) is 11.7 Å².